The number of hydrogen-bond acceptors (Lipinski definition) is 5. The minimum atomic E-state index is -1.14. The summed E-state index contributed by atoms with van der Waals surface area (Å²) in [6, 6.07) is 5.03. The fourth-order valence-corrected chi connectivity index (χ4v) is 2.97. The molecule has 1 N–H and O–H groups in total. The monoisotopic (exact) mass is 353 g/mol. The van der Waals surface area contributed by atoms with Gasteiger partial charge >= 0.3 is 18.0 Å². The standard InChI is InChI=1S/C17H20FNO6/c1-10(20)24-11(2)25-17(23)19-9-13(8-15(19)16(21)22)6-12-4-3-5-14(18)7-12/h3-5,7,11,13,15H,6,8-9H2,1-2H3,(H,21,22)/t11-,13+,15+/m1/s1. The number of nitrogens with zero attached hydrogens (tertiary/aromatic N) is 1. The van der Waals surface area contributed by atoms with E-state index in [-0.39, 0.29) is 24.7 Å². The van der Waals surface area contributed by atoms with Crippen molar-refractivity contribution in [2.24, 2.45) is 5.92 Å². The van der Waals surface area contributed by atoms with Crippen LogP contribution in [0.5, 0.6) is 0 Å². The molecule has 1 aliphatic rings. The minimum absolute atomic E-state index is 0.139. The molecule has 1 amide bonds. The molecule has 1 aromatic rings. The number of aliphatic carboxylic acids is 1. The Kier molecular flexibility index (Phi) is 5.95. The van der Waals surface area contributed by atoms with Crippen molar-refractivity contribution in [3.05, 3.63) is 35.6 Å². The van der Waals surface area contributed by atoms with E-state index in [1.165, 1.54) is 26.0 Å². The van der Waals surface area contributed by atoms with Crippen molar-refractivity contribution in [3.8, 4) is 0 Å². The third kappa shape index (κ3) is 5.17. The van der Waals surface area contributed by atoms with Crippen molar-refractivity contribution in [2.45, 2.75) is 39.0 Å². The quantitative estimate of drug-likeness (QED) is 0.644. The number of esters is 1. The van der Waals surface area contributed by atoms with Crippen molar-refractivity contribution in [1.82, 2.24) is 4.90 Å². The molecule has 1 heterocycles. The Morgan fingerprint density at radius 1 is 1.36 bits per heavy atom. The van der Waals surface area contributed by atoms with E-state index in [0.29, 0.717) is 6.42 Å². The van der Waals surface area contributed by atoms with Gasteiger partial charge in [0.05, 0.1) is 0 Å². The third-order valence-electron chi connectivity index (χ3n) is 3.92. The highest BCUT2D eigenvalue weighted by atomic mass is 19.1. The number of carbonyl (C=O) groups is 3. The van der Waals surface area contributed by atoms with E-state index in [1.807, 2.05) is 0 Å². The molecule has 136 valence electrons. The van der Waals surface area contributed by atoms with Gasteiger partial charge in [0.15, 0.2) is 0 Å². The van der Waals surface area contributed by atoms with Gasteiger partial charge in [-0.25, -0.2) is 14.0 Å². The maximum Gasteiger partial charge on any atom is 0.413 e. The fraction of sp³-hybridized carbons (Fsp3) is 0.471. The van der Waals surface area contributed by atoms with Gasteiger partial charge in [-0.2, -0.15) is 0 Å². The highest BCUT2D eigenvalue weighted by molar-refractivity contribution is 5.81. The molecule has 0 aromatic heterocycles. The van der Waals surface area contributed by atoms with Gasteiger partial charge in [-0.15, -0.1) is 0 Å². The minimum Gasteiger partial charge on any atom is -0.480 e. The first-order chi connectivity index (χ1) is 11.8. The van der Waals surface area contributed by atoms with Crippen molar-refractivity contribution < 1.29 is 33.4 Å². The topological polar surface area (TPSA) is 93.1 Å². The molecule has 8 heteroatoms. The average molecular weight is 353 g/mol. The lowest BCUT2D eigenvalue weighted by Crippen LogP contribution is -2.42. The van der Waals surface area contributed by atoms with Crippen LogP contribution in [-0.4, -0.2) is 46.9 Å². The van der Waals surface area contributed by atoms with E-state index >= 15 is 0 Å². The van der Waals surface area contributed by atoms with Crippen LogP contribution in [-0.2, 0) is 25.5 Å². The number of amides is 1. The molecule has 0 bridgehead atoms. The summed E-state index contributed by atoms with van der Waals surface area (Å²) in [5.41, 5.74) is 0.734. The summed E-state index contributed by atoms with van der Waals surface area (Å²) >= 11 is 0. The zero-order valence-electron chi connectivity index (χ0n) is 14.0. The van der Waals surface area contributed by atoms with Crippen LogP contribution >= 0.6 is 0 Å². The fourth-order valence-electron chi connectivity index (χ4n) is 2.97. The number of likely N-dealkylation sites (tertiary alicyclic amines) is 1. The van der Waals surface area contributed by atoms with Gasteiger partial charge in [-0.1, -0.05) is 12.1 Å². The van der Waals surface area contributed by atoms with Crippen LogP contribution in [0.4, 0.5) is 9.18 Å². The van der Waals surface area contributed by atoms with Gasteiger partial charge < -0.3 is 14.6 Å². The Bertz CT molecular complexity index is 664. The summed E-state index contributed by atoms with van der Waals surface area (Å²) in [5.74, 6) is -2.25. The molecular weight excluding hydrogens is 333 g/mol. The maximum atomic E-state index is 13.3. The van der Waals surface area contributed by atoms with Gasteiger partial charge in [-0.05, 0) is 36.5 Å². The van der Waals surface area contributed by atoms with Gasteiger partial charge in [0.1, 0.15) is 11.9 Å². The van der Waals surface area contributed by atoms with E-state index in [2.05, 4.69) is 0 Å². The number of carboxylic acids is 1. The second-order valence-corrected chi connectivity index (χ2v) is 6.00. The van der Waals surface area contributed by atoms with Gasteiger partial charge in [0.2, 0.25) is 6.29 Å². The average Bonchev–Trinajstić information content (AvgIpc) is 2.90. The van der Waals surface area contributed by atoms with Crippen LogP contribution in [0.2, 0.25) is 0 Å². The summed E-state index contributed by atoms with van der Waals surface area (Å²) in [6.45, 7) is 2.71. The highest BCUT2D eigenvalue weighted by Gasteiger charge is 2.41. The molecule has 0 spiro atoms. The molecule has 1 aliphatic heterocycles. The molecule has 0 radical (unpaired) electrons. The number of hydrogen-bond donors (Lipinski definition) is 1. The van der Waals surface area contributed by atoms with E-state index in [9.17, 15) is 23.9 Å². The lowest BCUT2D eigenvalue weighted by molar-refractivity contribution is -0.164. The summed E-state index contributed by atoms with van der Waals surface area (Å²) < 4.78 is 23.0. The number of carbonyl (C=O) groups excluding carboxylic acids is 2. The van der Waals surface area contributed by atoms with E-state index in [1.54, 1.807) is 12.1 Å². The zero-order valence-corrected chi connectivity index (χ0v) is 14.0. The molecule has 1 aromatic carbocycles. The van der Waals surface area contributed by atoms with Crippen molar-refractivity contribution in [2.75, 3.05) is 6.54 Å². The van der Waals surface area contributed by atoms with Crippen LogP contribution in [0.15, 0.2) is 24.3 Å². The van der Waals surface area contributed by atoms with Gasteiger partial charge in [0, 0.05) is 20.4 Å². The predicted octanol–water partition coefficient (Wildman–Crippen LogP) is 2.19. The summed E-state index contributed by atoms with van der Waals surface area (Å²) in [6.07, 6.45) is -1.28. The Labute approximate surface area is 144 Å². The lowest BCUT2D eigenvalue weighted by Gasteiger charge is -2.23. The number of carboxylic acid groups (broad SMARTS) is 1. The number of ether oxygens (including phenoxy) is 2. The van der Waals surface area contributed by atoms with E-state index in [4.69, 9.17) is 9.47 Å². The molecule has 0 aliphatic carbocycles. The van der Waals surface area contributed by atoms with Crippen LogP contribution in [0, 0.1) is 11.7 Å². The molecule has 25 heavy (non-hydrogen) atoms. The van der Waals surface area contributed by atoms with Crippen LogP contribution in [0.1, 0.15) is 25.8 Å². The van der Waals surface area contributed by atoms with Crippen molar-refractivity contribution in [1.29, 1.82) is 0 Å². The number of halogens is 1. The normalized spacial score (nSPS) is 20.8. The first-order valence-corrected chi connectivity index (χ1v) is 7.88. The lowest BCUT2D eigenvalue weighted by atomic mass is 9.97. The number of benzene rings is 1. The Hall–Kier alpha value is -2.64. The molecule has 7 nitrogen and oxygen atoms in total. The molecule has 2 rings (SSSR count). The first kappa shape index (κ1) is 18.7. The van der Waals surface area contributed by atoms with Crippen molar-refractivity contribution >= 4 is 18.0 Å². The largest absolute Gasteiger partial charge is 0.480 e. The van der Waals surface area contributed by atoms with E-state index < -0.39 is 30.4 Å². The van der Waals surface area contributed by atoms with Crippen molar-refractivity contribution in [3.63, 3.8) is 0 Å². The summed E-state index contributed by atoms with van der Waals surface area (Å²) in [7, 11) is 0. The van der Waals surface area contributed by atoms with E-state index in [0.717, 1.165) is 10.5 Å². The molecule has 1 fully saturated rings. The molecule has 0 unspecified atom stereocenters. The second-order valence-electron chi connectivity index (χ2n) is 6.00. The molecule has 0 saturated carbocycles. The SMILES string of the molecule is CC(=O)O[C@@H](C)OC(=O)N1C[C@@H](Cc2cccc(F)c2)C[C@H]1C(=O)O. The maximum absolute atomic E-state index is 13.3. The molecule has 1 saturated heterocycles. The summed E-state index contributed by atoms with van der Waals surface area (Å²) in [5, 5.41) is 9.35. The van der Waals surface area contributed by atoms with Crippen LogP contribution in [0.25, 0.3) is 0 Å². The van der Waals surface area contributed by atoms with Gasteiger partial charge in [0.25, 0.3) is 0 Å². The third-order valence-corrected chi connectivity index (χ3v) is 3.92. The highest BCUT2D eigenvalue weighted by Crippen LogP contribution is 2.28. The molecule has 3 atom stereocenters. The Morgan fingerprint density at radius 2 is 2.08 bits per heavy atom. The van der Waals surface area contributed by atoms with Gasteiger partial charge in [-0.3, -0.25) is 9.69 Å². The summed E-state index contributed by atoms with van der Waals surface area (Å²) in [4.78, 5) is 35.6. The van der Waals surface area contributed by atoms with Crippen LogP contribution in [0.3, 0.4) is 0 Å². The Morgan fingerprint density at radius 3 is 2.68 bits per heavy atom. The first-order valence-electron chi connectivity index (χ1n) is 7.88. The van der Waals surface area contributed by atoms with Crippen LogP contribution < -0.4 is 0 Å². The zero-order chi connectivity index (χ0) is 18.6. The number of rotatable bonds is 5. The second kappa shape index (κ2) is 7.96. The molecular formula is C17H20FNO6. The smallest absolute Gasteiger partial charge is 0.413 e. The Balaban J connectivity index is 2.03. The predicted molar refractivity (Wildman–Crippen MR) is 84.0 cm³/mol.